The lowest BCUT2D eigenvalue weighted by molar-refractivity contribution is 0.416. The van der Waals surface area contributed by atoms with Crippen LogP contribution in [0.3, 0.4) is 0 Å². The molecule has 0 spiro atoms. The predicted octanol–water partition coefficient (Wildman–Crippen LogP) is 3.62. The van der Waals surface area contributed by atoms with Crippen LogP contribution in [0.1, 0.15) is 26.3 Å². The molecule has 2 aromatic rings. The number of methoxy groups -OCH3 is 1. The maximum absolute atomic E-state index is 6.31. The highest BCUT2D eigenvalue weighted by Gasteiger charge is 2.21. The van der Waals surface area contributed by atoms with E-state index in [0.29, 0.717) is 16.6 Å². The molecule has 0 saturated heterocycles. The van der Waals surface area contributed by atoms with Gasteiger partial charge in [-0.15, -0.1) is 0 Å². The third kappa shape index (κ3) is 2.54. The second-order valence-corrected chi connectivity index (χ2v) is 5.89. The van der Waals surface area contributed by atoms with Gasteiger partial charge in [0.2, 0.25) is 0 Å². The number of rotatable bonds is 2. The SMILES string of the molecule is COc1c(Cl)cc(C(C)(C)C)cc1-c1cn[nH]c1N. The molecule has 0 bridgehead atoms. The van der Waals surface area contributed by atoms with Crippen LogP contribution < -0.4 is 10.5 Å². The quantitative estimate of drug-likeness (QED) is 0.882. The second kappa shape index (κ2) is 4.78. The molecule has 1 heterocycles. The topological polar surface area (TPSA) is 63.9 Å². The number of H-pyrrole nitrogens is 1. The Morgan fingerprint density at radius 1 is 1.26 bits per heavy atom. The summed E-state index contributed by atoms with van der Waals surface area (Å²) in [6.45, 7) is 6.40. The van der Waals surface area contributed by atoms with Gasteiger partial charge in [-0.3, -0.25) is 5.10 Å². The highest BCUT2D eigenvalue weighted by atomic mass is 35.5. The molecule has 0 amide bonds. The minimum Gasteiger partial charge on any atom is -0.495 e. The zero-order valence-corrected chi connectivity index (χ0v) is 12.3. The van der Waals surface area contributed by atoms with Crippen molar-refractivity contribution in [2.45, 2.75) is 26.2 Å². The number of anilines is 1. The van der Waals surface area contributed by atoms with Crippen LogP contribution in [0.4, 0.5) is 5.82 Å². The molecule has 0 radical (unpaired) electrons. The van der Waals surface area contributed by atoms with Gasteiger partial charge in [-0.25, -0.2) is 0 Å². The molecule has 0 fully saturated rings. The summed E-state index contributed by atoms with van der Waals surface area (Å²) in [6.07, 6.45) is 1.68. The van der Waals surface area contributed by atoms with Gasteiger partial charge in [0.1, 0.15) is 11.6 Å². The first-order valence-corrected chi connectivity index (χ1v) is 6.39. The summed E-state index contributed by atoms with van der Waals surface area (Å²) in [5.41, 5.74) is 8.65. The molecule has 0 unspecified atom stereocenters. The van der Waals surface area contributed by atoms with E-state index in [4.69, 9.17) is 22.1 Å². The monoisotopic (exact) mass is 279 g/mol. The molecule has 0 aliphatic carbocycles. The number of hydrogen-bond donors (Lipinski definition) is 2. The van der Waals surface area contributed by atoms with E-state index in [1.54, 1.807) is 13.3 Å². The van der Waals surface area contributed by atoms with Crippen LogP contribution in [-0.4, -0.2) is 17.3 Å². The van der Waals surface area contributed by atoms with Gasteiger partial charge in [-0.05, 0) is 23.1 Å². The smallest absolute Gasteiger partial charge is 0.145 e. The molecular formula is C14H18ClN3O. The summed E-state index contributed by atoms with van der Waals surface area (Å²) in [6, 6.07) is 3.98. The summed E-state index contributed by atoms with van der Waals surface area (Å²) in [7, 11) is 1.59. The predicted molar refractivity (Wildman–Crippen MR) is 78.7 cm³/mol. The van der Waals surface area contributed by atoms with E-state index in [-0.39, 0.29) is 5.41 Å². The summed E-state index contributed by atoms with van der Waals surface area (Å²) < 4.78 is 5.39. The van der Waals surface area contributed by atoms with Gasteiger partial charge in [0.05, 0.1) is 18.3 Å². The summed E-state index contributed by atoms with van der Waals surface area (Å²) in [4.78, 5) is 0. The number of benzene rings is 1. The molecule has 0 saturated carbocycles. The van der Waals surface area contributed by atoms with Crippen LogP contribution >= 0.6 is 11.6 Å². The molecule has 102 valence electrons. The van der Waals surface area contributed by atoms with E-state index in [1.807, 2.05) is 12.1 Å². The van der Waals surface area contributed by atoms with E-state index in [9.17, 15) is 0 Å². The molecule has 0 aliphatic heterocycles. The third-order valence-electron chi connectivity index (χ3n) is 3.07. The standard InChI is InChI=1S/C14H18ClN3O/c1-14(2,3)8-5-9(10-7-17-18-13(10)16)12(19-4)11(15)6-8/h5-7H,1-4H3,(H3,16,17,18). The van der Waals surface area contributed by atoms with Crippen molar-refractivity contribution >= 4 is 17.4 Å². The van der Waals surface area contributed by atoms with Gasteiger partial charge >= 0.3 is 0 Å². The largest absolute Gasteiger partial charge is 0.495 e. The number of halogens is 1. The highest BCUT2D eigenvalue weighted by Crippen LogP contribution is 2.41. The zero-order chi connectivity index (χ0) is 14.2. The van der Waals surface area contributed by atoms with Crippen molar-refractivity contribution in [1.29, 1.82) is 0 Å². The summed E-state index contributed by atoms with van der Waals surface area (Å²) >= 11 is 6.31. The number of aromatic nitrogens is 2. The van der Waals surface area contributed by atoms with Crippen LogP contribution in [0, 0.1) is 0 Å². The zero-order valence-electron chi connectivity index (χ0n) is 11.5. The lowest BCUT2D eigenvalue weighted by Gasteiger charge is -2.22. The second-order valence-electron chi connectivity index (χ2n) is 5.49. The van der Waals surface area contributed by atoms with Crippen LogP contribution in [0.25, 0.3) is 11.1 Å². The molecule has 4 nitrogen and oxygen atoms in total. The number of nitrogen functional groups attached to an aromatic ring is 1. The average molecular weight is 280 g/mol. The maximum atomic E-state index is 6.31. The molecular weight excluding hydrogens is 262 g/mol. The van der Waals surface area contributed by atoms with E-state index in [0.717, 1.165) is 16.7 Å². The van der Waals surface area contributed by atoms with Gasteiger partial charge in [0, 0.05) is 11.1 Å². The van der Waals surface area contributed by atoms with Gasteiger partial charge in [-0.1, -0.05) is 32.4 Å². The molecule has 0 aliphatic rings. The van der Waals surface area contributed by atoms with Crippen LogP contribution in [-0.2, 0) is 5.41 Å². The first kappa shape index (κ1) is 13.7. The van der Waals surface area contributed by atoms with Crippen LogP contribution in [0.15, 0.2) is 18.3 Å². The van der Waals surface area contributed by atoms with Gasteiger partial charge in [0.25, 0.3) is 0 Å². The van der Waals surface area contributed by atoms with Crippen molar-refractivity contribution in [3.05, 3.63) is 28.9 Å². The highest BCUT2D eigenvalue weighted by molar-refractivity contribution is 6.32. The summed E-state index contributed by atoms with van der Waals surface area (Å²) in [5, 5.41) is 7.25. The van der Waals surface area contributed by atoms with Crippen molar-refractivity contribution in [3.63, 3.8) is 0 Å². The number of nitrogens with zero attached hydrogens (tertiary/aromatic N) is 1. The van der Waals surface area contributed by atoms with Crippen molar-refractivity contribution < 1.29 is 4.74 Å². The number of ether oxygens (including phenoxy) is 1. The maximum Gasteiger partial charge on any atom is 0.145 e. The number of nitrogens with two attached hydrogens (primary N) is 1. The Bertz CT molecular complexity index is 599. The molecule has 1 aromatic carbocycles. The van der Waals surface area contributed by atoms with E-state index in [2.05, 4.69) is 31.0 Å². The van der Waals surface area contributed by atoms with Crippen LogP contribution in [0.2, 0.25) is 5.02 Å². The Morgan fingerprint density at radius 2 is 1.95 bits per heavy atom. The Morgan fingerprint density at radius 3 is 2.42 bits per heavy atom. The number of hydrogen-bond acceptors (Lipinski definition) is 3. The van der Waals surface area contributed by atoms with Crippen molar-refractivity contribution in [2.75, 3.05) is 12.8 Å². The Balaban J connectivity index is 2.71. The molecule has 19 heavy (non-hydrogen) atoms. The lowest BCUT2D eigenvalue weighted by atomic mass is 9.85. The fraction of sp³-hybridized carbons (Fsp3) is 0.357. The third-order valence-corrected chi connectivity index (χ3v) is 3.35. The normalized spacial score (nSPS) is 11.6. The Kier molecular flexibility index (Phi) is 3.45. The van der Waals surface area contributed by atoms with Crippen molar-refractivity contribution in [2.24, 2.45) is 0 Å². The molecule has 1 aromatic heterocycles. The molecule has 5 heteroatoms. The van der Waals surface area contributed by atoms with Crippen LogP contribution in [0.5, 0.6) is 5.75 Å². The fourth-order valence-electron chi connectivity index (χ4n) is 1.94. The van der Waals surface area contributed by atoms with E-state index in [1.165, 1.54) is 0 Å². The van der Waals surface area contributed by atoms with Gasteiger partial charge in [0.15, 0.2) is 0 Å². The Labute approximate surface area is 117 Å². The number of aromatic amines is 1. The average Bonchev–Trinajstić information content (AvgIpc) is 2.73. The Hall–Kier alpha value is -1.68. The minimum atomic E-state index is -0.0108. The minimum absolute atomic E-state index is 0.0108. The number of nitrogens with one attached hydrogen (secondary N) is 1. The summed E-state index contributed by atoms with van der Waals surface area (Å²) in [5.74, 6) is 1.11. The molecule has 3 N–H and O–H groups in total. The van der Waals surface area contributed by atoms with E-state index >= 15 is 0 Å². The molecule has 0 atom stereocenters. The van der Waals surface area contributed by atoms with Crippen molar-refractivity contribution in [3.8, 4) is 16.9 Å². The van der Waals surface area contributed by atoms with Gasteiger partial charge < -0.3 is 10.5 Å². The first-order valence-electron chi connectivity index (χ1n) is 6.02. The van der Waals surface area contributed by atoms with E-state index < -0.39 is 0 Å². The molecule has 2 rings (SSSR count). The lowest BCUT2D eigenvalue weighted by Crippen LogP contribution is -2.11. The fourth-order valence-corrected chi connectivity index (χ4v) is 2.24. The van der Waals surface area contributed by atoms with Gasteiger partial charge in [-0.2, -0.15) is 5.10 Å². The first-order chi connectivity index (χ1) is 8.84. The van der Waals surface area contributed by atoms with Crippen molar-refractivity contribution in [1.82, 2.24) is 10.2 Å².